The van der Waals surface area contributed by atoms with Crippen molar-refractivity contribution in [3.05, 3.63) is 71.9 Å². The topological polar surface area (TPSA) is 113 Å². The highest BCUT2D eigenvalue weighted by Crippen LogP contribution is 2.25. The van der Waals surface area contributed by atoms with Crippen LogP contribution in [0.1, 0.15) is 11.1 Å². The van der Waals surface area contributed by atoms with Gasteiger partial charge in [-0.05, 0) is 42.3 Å². The summed E-state index contributed by atoms with van der Waals surface area (Å²) in [7, 11) is 0. The van der Waals surface area contributed by atoms with Crippen LogP contribution in [0.3, 0.4) is 0 Å². The Morgan fingerprint density at radius 3 is 2.79 bits per heavy atom. The molecule has 0 fully saturated rings. The number of pyridine rings is 2. The highest BCUT2D eigenvalue weighted by atomic mass is 19.1. The largest absolute Gasteiger partial charge is 0.382 e. The number of halogens is 1. The number of nitrogens with zero attached hydrogens (tertiary/aromatic N) is 5. The summed E-state index contributed by atoms with van der Waals surface area (Å²) in [6.45, 7) is 0.485. The molecule has 0 unspecified atom stereocenters. The van der Waals surface area contributed by atoms with Crippen LogP contribution in [0.5, 0.6) is 0 Å². The Bertz CT molecular complexity index is 1220. The third-order valence-electron chi connectivity index (χ3n) is 4.44. The number of nitrogens with two attached hydrogens (primary N) is 1. The van der Waals surface area contributed by atoms with Gasteiger partial charge in [0.15, 0.2) is 0 Å². The first-order valence-electron chi connectivity index (χ1n) is 8.91. The van der Waals surface area contributed by atoms with Gasteiger partial charge in [-0.15, -0.1) is 0 Å². The van der Waals surface area contributed by atoms with Gasteiger partial charge in [0.2, 0.25) is 0 Å². The maximum atomic E-state index is 13.7. The van der Waals surface area contributed by atoms with E-state index in [9.17, 15) is 9.65 Å². The minimum Gasteiger partial charge on any atom is -0.382 e. The Balaban J connectivity index is 1.67. The molecule has 0 radical (unpaired) electrons. The second kappa shape index (κ2) is 7.86. The predicted octanol–water partition coefficient (Wildman–Crippen LogP) is 3.33. The van der Waals surface area contributed by atoms with Crippen LogP contribution >= 0.6 is 0 Å². The highest BCUT2D eigenvalue weighted by molar-refractivity contribution is 5.83. The molecule has 3 heterocycles. The van der Waals surface area contributed by atoms with Crippen LogP contribution in [0.15, 0.2) is 55.0 Å². The summed E-state index contributed by atoms with van der Waals surface area (Å²) in [4.78, 5) is 17.0. The third-order valence-corrected chi connectivity index (χ3v) is 4.44. The summed E-state index contributed by atoms with van der Waals surface area (Å²) in [5.74, 6) is 0.181. The maximum Gasteiger partial charge on any atom is 0.149 e. The summed E-state index contributed by atoms with van der Waals surface area (Å²) < 4.78 is 13.7. The Morgan fingerprint density at radius 2 is 2.00 bits per heavy atom. The summed E-state index contributed by atoms with van der Waals surface area (Å²) in [5.41, 5.74) is 8.84. The van der Waals surface area contributed by atoms with Gasteiger partial charge < -0.3 is 11.1 Å². The van der Waals surface area contributed by atoms with Crippen LogP contribution < -0.4 is 11.1 Å². The molecule has 1 aromatic carbocycles. The molecule has 142 valence electrons. The number of rotatable bonds is 5. The molecule has 7 nitrogen and oxygen atoms in total. The molecular formula is C21H16FN7. The monoisotopic (exact) mass is 385 g/mol. The Labute approximate surface area is 166 Å². The molecule has 0 amide bonds. The van der Waals surface area contributed by atoms with Gasteiger partial charge in [-0.3, -0.25) is 4.98 Å². The molecule has 3 aromatic heterocycles. The lowest BCUT2D eigenvalue weighted by Gasteiger charge is -2.12. The first-order chi connectivity index (χ1) is 14.2. The van der Waals surface area contributed by atoms with E-state index in [1.54, 1.807) is 12.3 Å². The fourth-order valence-electron chi connectivity index (χ4n) is 3.06. The second-order valence-electron chi connectivity index (χ2n) is 6.32. The van der Waals surface area contributed by atoms with E-state index in [1.807, 2.05) is 30.3 Å². The lowest BCUT2D eigenvalue weighted by Crippen LogP contribution is -2.11. The first kappa shape index (κ1) is 18.3. The van der Waals surface area contributed by atoms with Crippen molar-refractivity contribution < 1.29 is 4.39 Å². The van der Waals surface area contributed by atoms with E-state index >= 15 is 0 Å². The van der Waals surface area contributed by atoms with E-state index in [0.717, 1.165) is 10.9 Å². The Morgan fingerprint density at radius 1 is 1.10 bits per heavy atom. The number of nitriles is 1. The van der Waals surface area contributed by atoms with Gasteiger partial charge in [0.25, 0.3) is 0 Å². The van der Waals surface area contributed by atoms with Gasteiger partial charge in [-0.1, -0.05) is 6.07 Å². The van der Waals surface area contributed by atoms with Gasteiger partial charge in [0, 0.05) is 24.2 Å². The van der Waals surface area contributed by atoms with Crippen molar-refractivity contribution in [3.8, 4) is 17.5 Å². The number of hydrogen-bond donors (Lipinski definition) is 2. The van der Waals surface area contributed by atoms with E-state index < -0.39 is 0 Å². The SMILES string of the molecule is N#Cc1c(N)ncnc1NCCc1cc2ccc(F)cc2nc1-c1ccccn1. The van der Waals surface area contributed by atoms with E-state index in [1.165, 1.54) is 18.5 Å². The Kier molecular flexibility index (Phi) is 4.95. The van der Waals surface area contributed by atoms with Crippen molar-refractivity contribution in [1.82, 2.24) is 19.9 Å². The number of fused-ring (bicyclic) bond motifs is 1. The zero-order valence-electron chi connectivity index (χ0n) is 15.3. The molecule has 0 aliphatic rings. The number of anilines is 2. The number of nitrogen functional groups attached to an aromatic ring is 1. The van der Waals surface area contributed by atoms with Crippen LogP contribution in [0, 0.1) is 17.1 Å². The average molecular weight is 385 g/mol. The van der Waals surface area contributed by atoms with Crippen molar-refractivity contribution in [1.29, 1.82) is 5.26 Å². The standard InChI is InChI=1S/C21H16FN7/c22-15-5-4-13-9-14(6-8-26-21-16(11-23)20(24)27-12-28-21)19(29-18(13)10-15)17-3-1-2-7-25-17/h1-5,7,9-10,12H,6,8H2,(H3,24,26,27,28). The molecule has 3 N–H and O–H groups in total. The molecular weight excluding hydrogens is 369 g/mol. The molecule has 29 heavy (non-hydrogen) atoms. The molecule has 0 atom stereocenters. The number of nitrogens with one attached hydrogen (secondary N) is 1. The minimum absolute atomic E-state index is 0.133. The number of benzene rings is 1. The molecule has 0 aliphatic carbocycles. The van der Waals surface area contributed by atoms with Crippen LogP contribution in [-0.2, 0) is 6.42 Å². The van der Waals surface area contributed by atoms with E-state index in [-0.39, 0.29) is 17.2 Å². The van der Waals surface area contributed by atoms with E-state index in [2.05, 4.69) is 25.3 Å². The van der Waals surface area contributed by atoms with Crippen molar-refractivity contribution in [2.75, 3.05) is 17.6 Å². The van der Waals surface area contributed by atoms with Crippen molar-refractivity contribution in [3.63, 3.8) is 0 Å². The van der Waals surface area contributed by atoms with Crippen LogP contribution in [0.25, 0.3) is 22.3 Å². The molecule has 0 spiro atoms. The van der Waals surface area contributed by atoms with Crippen LogP contribution in [0.4, 0.5) is 16.0 Å². The van der Waals surface area contributed by atoms with Crippen molar-refractivity contribution >= 4 is 22.5 Å². The lowest BCUT2D eigenvalue weighted by molar-refractivity contribution is 0.629. The molecule has 0 saturated heterocycles. The summed E-state index contributed by atoms with van der Waals surface area (Å²) in [5, 5.41) is 13.2. The smallest absolute Gasteiger partial charge is 0.149 e. The molecule has 4 rings (SSSR count). The van der Waals surface area contributed by atoms with Gasteiger partial charge in [0.05, 0.1) is 16.9 Å². The molecule has 8 heteroatoms. The maximum absolute atomic E-state index is 13.7. The quantitative estimate of drug-likeness (QED) is 0.542. The van der Waals surface area contributed by atoms with Crippen LogP contribution in [0.2, 0.25) is 0 Å². The normalized spacial score (nSPS) is 10.6. The zero-order chi connectivity index (χ0) is 20.2. The van der Waals surface area contributed by atoms with Gasteiger partial charge in [-0.2, -0.15) is 5.26 Å². The zero-order valence-corrected chi connectivity index (χ0v) is 15.3. The average Bonchev–Trinajstić information content (AvgIpc) is 2.74. The van der Waals surface area contributed by atoms with Crippen LogP contribution in [-0.4, -0.2) is 26.5 Å². The van der Waals surface area contributed by atoms with Gasteiger partial charge in [-0.25, -0.2) is 19.3 Å². The molecule has 0 aliphatic heterocycles. The number of aromatic nitrogens is 4. The minimum atomic E-state index is -0.336. The molecule has 4 aromatic rings. The first-order valence-corrected chi connectivity index (χ1v) is 8.91. The van der Waals surface area contributed by atoms with Crippen molar-refractivity contribution in [2.45, 2.75) is 6.42 Å². The van der Waals surface area contributed by atoms with E-state index in [0.29, 0.717) is 35.7 Å². The predicted molar refractivity (Wildman–Crippen MR) is 108 cm³/mol. The van der Waals surface area contributed by atoms with Gasteiger partial charge in [0.1, 0.15) is 35.4 Å². The Hall–Kier alpha value is -4.12. The summed E-state index contributed by atoms with van der Waals surface area (Å²) >= 11 is 0. The number of hydrogen-bond acceptors (Lipinski definition) is 7. The van der Waals surface area contributed by atoms with Gasteiger partial charge >= 0.3 is 0 Å². The van der Waals surface area contributed by atoms with E-state index in [4.69, 9.17) is 5.73 Å². The fraction of sp³-hybridized carbons (Fsp3) is 0.0952. The second-order valence-corrected chi connectivity index (χ2v) is 6.32. The summed E-state index contributed by atoms with van der Waals surface area (Å²) in [6.07, 6.45) is 3.59. The summed E-state index contributed by atoms with van der Waals surface area (Å²) in [6, 6.07) is 14.1. The highest BCUT2D eigenvalue weighted by Gasteiger charge is 2.12. The molecule has 0 saturated carbocycles. The lowest BCUT2D eigenvalue weighted by atomic mass is 10.0. The van der Waals surface area contributed by atoms with Crippen molar-refractivity contribution in [2.24, 2.45) is 0 Å². The molecule has 0 bridgehead atoms. The fourth-order valence-corrected chi connectivity index (χ4v) is 3.06. The third kappa shape index (κ3) is 3.80.